The minimum absolute atomic E-state index is 0. The molecule has 0 aromatic rings. The van der Waals surface area contributed by atoms with Crippen molar-refractivity contribution < 1.29 is 9.47 Å². The van der Waals surface area contributed by atoms with Gasteiger partial charge in [0.25, 0.3) is 0 Å². The maximum Gasteiger partial charge on any atom is 0.0740 e. The van der Waals surface area contributed by atoms with Gasteiger partial charge >= 0.3 is 0 Å². The van der Waals surface area contributed by atoms with E-state index in [2.05, 4.69) is 10.6 Å². The van der Waals surface area contributed by atoms with Crippen LogP contribution in [0.25, 0.3) is 0 Å². The Morgan fingerprint density at radius 2 is 1.11 bits per heavy atom. The number of fused-ring (bicyclic) bond motifs is 2. The number of hydrogen-bond donors (Lipinski definition) is 2. The van der Waals surface area contributed by atoms with E-state index in [1.165, 1.54) is 25.9 Å². The standard InChI is InChI=1S/2C6H11NO.2ClH/c2*1-2-8-6-4-7-3-5(1)6;;/h2*5-7H,1-4H2;2*1H/t2*5-,6+;;/m10../s1. The van der Waals surface area contributed by atoms with E-state index in [1.54, 1.807) is 0 Å². The van der Waals surface area contributed by atoms with E-state index in [9.17, 15) is 0 Å². The summed E-state index contributed by atoms with van der Waals surface area (Å²) < 4.78 is 10.8. The molecule has 0 amide bonds. The molecule has 0 aromatic carbocycles. The first-order valence-corrected chi connectivity index (χ1v) is 6.58. The van der Waals surface area contributed by atoms with Gasteiger partial charge in [-0.1, -0.05) is 0 Å². The average Bonchev–Trinajstić information content (AvgIpc) is 2.99. The predicted octanol–water partition coefficient (Wildman–Crippen LogP) is 0.833. The minimum atomic E-state index is 0. The molecule has 108 valence electrons. The summed E-state index contributed by atoms with van der Waals surface area (Å²) in [6, 6.07) is 0. The van der Waals surface area contributed by atoms with Crippen LogP contribution in [-0.4, -0.2) is 51.6 Å². The first-order chi connectivity index (χ1) is 7.93. The van der Waals surface area contributed by atoms with Crippen molar-refractivity contribution in [2.24, 2.45) is 11.8 Å². The van der Waals surface area contributed by atoms with E-state index >= 15 is 0 Å². The van der Waals surface area contributed by atoms with Crippen LogP contribution >= 0.6 is 24.8 Å². The van der Waals surface area contributed by atoms with Gasteiger partial charge in [-0.2, -0.15) is 0 Å². The maximum absolute atomic E-state index is 5.41. The van der Waals surface area contributed by atoms with E-state index in [0.29, 0.717) is 12.2 Å². The lowest BCUT2D eigenvalue weighted by Gasteiger charge is -2.02. The van der Waals surface area contributed by atoms with Crippen LogP contribution in [0.15, 0.2) is 0 Å². The topological polar surface area (TPSA) is 42.5 Å². The van der Waals surface area contributed by atoms with Crippen molar-refractivity contribution in [3.8, 4) is 0 Å². The molecule has 2 N–H and O–H groups in total. The zero-order chi connectivity index (χ0) is 10.8. The molecule has 18 heavy (non-hydrogen) atoms. The molecule has 4 saturated heterocycles. The summed E-state index contributed by atoms with van der Waals surface area (Å²) in [5, 5.41) is 6.60. The fraction of sp³-hybridized carbons (Fsp3) is 1.00. The molecule has 4 nitrogen and oxygen atoms in total. The van der Waals surface area contributed by atoms with Gasteiger partial charge in [-0.25, -0.2) is 0 Å². The van der Waals surface area contributed by atoms with Crippen LogP contribution in [-0.2, 0) is 9.47 Å². The van der Waals surface area contributed by atoms with Crippen molar-refractivity contribution in [2.75, 3.05) is 39.4 Å². The van der Waals surface area contributed by atoms with E-state index in [1.807, 2.05) is 0 Å². The largest absolute Gasteiger partial charge is 0.377 e. The summed E-state index contributed by atoms with van der Waals surface area (Å²) in [4.78, 5) is 0. The first kappa shape index (κ1) is 16.5. The summed E-state index contributed by atoms with van der Waals surface area (Å²) in [6.45, 7) is 6.54. The third kappa shape index (κ3) is 3.71. The van der Waals surface area contributed by atoms with Crippen molar-refractivity contribution in [3.63, 3.8) is 0 Å². The SMILES string of the molecule is C1C[C@@H]2CNC[C@@H]2O1.C1C[C@H]2CNC[C@H]2O1.Cl.Cl. The van der Waals surface area contributed by atoms with Crippen molar-refractivity contribution in [1.82, 2.24) is 10.6 Å². The number of rotatable bonds is 0. The van der Waals surface area contributed by atoms with E-state index in [-0.39, 0.29) is 24.8 Å². The van der Waals surface area contributed by atoms with Crippen LogP contribution in [0.5, 0.6) is 0 Å². The van der Waals surface area contributed by atoms with E-state index in [0.717, 1.165) is 38.1 Å². The zero-order valence-corrected chi connectivity index (χ0v) is 12.2. The molecular weight excluding hydrogens is 275 g/mol. The number of hydrogen-bond acceptors (Lipinski definition) is 4. The van der Waals surface area contributed by atoms with E-state index < -0.39 is 0 Å². The molecule has 4 aliphatic heterocycles. The fourth-order valence-electron chi connectivity index (χ4n) is 3.13. The van der Waals surface area contributed by atoms with Gasteiger partial charge in [0.1, 0.15) is 0 Å². The van der Waals surface area contributed by atoms with Gasteiger partial charge in [0.05, 0.1) is 12.2 Å². The summed E-state index contributed by atoms with van der Waals surface area (Å²) in [5.41, 5.74) is 0. The molecule has 0 aliphatic carbocycles. The Kier molecular flexibility index (Phi) is 7.21. The molecule has 0 aromatic heterocycles. The van der Waals surface area contributed by atoms with Crippen LogP contribution in [0.2, 0.25) is 0 Å². The first-order valence-electron chi connectivity index (χ1n) is 6.58. The third-order valence-electron chi connectivity index (χ3n) is 4.20. The molecule has 0 saturated carbocycles. The van der Waals surface area contributed by atoms with Gasteiger partial charge in [-0.15, -0.1) is 24.8 Å². The summed E-state index contributed by atoms with van der Waals surface area (Å²) >= 11 is 0. The van der Waals surface area contributed by atoms with Crippen LogP contribution < -0.4 is 10.6 Å². The Hall–Kier alpha value is 0.420. The normalized spacial score (nSPS) is 40.0. The van der Waals surface area contributed by atoms with Gasteiger partial charge in [-0.05, 0) is 12.8 Å². The van der Waals surface area contributed by atoms with Crippen molar-refractivity contribution in [2.45, 2.75) is 25.0 Å². The molecule has 4 atom stereocenters. The van der Waals surface area contributed by atoms with Crippen LogP contribution in [0.1, 0.15) is 12.8 Å². The number of nitrogens with one attached hydrogen (secondary N) is 2. The van der Waals surface area contributed by atoms with Crippen molar-refractivity contribution in [3.05, 3.63) is 0 Å². The second-order valence-corrected chi connectivity index (χ2v) is 5.23. The summed E-state index contributed by atoms with van der Waals surface area (Å²) in [7, 11) is 0. The number of halogens is 2. The van der Waals surface area contributed by atoms with Crippen molar-refractivity contribution >= 4 is 24.8 Å². The molecule has 0 bridgehead atoms. The zero-order valence-electron chi connectivity index (χ0n) is 10.6. The van der Waals surface area contributed by atoms with Gasteiger partial charge < -0.3 is 20.1 Å². The molecule has 0 radical (unpaired) electrons. The highest BCUT2D eigenvalue weighted by Crippen LogP contribution is 2.23. The highest BCUT2D eigenvalue weighted by atomic mass is 35.5. The molecule has 4 heterocycles. The van der Waals surface area contributed by atoms with Gasteiger partial charge in [0, 0.05) is 51.2 Å². The van der Waals surface area contributed by atoms with Gasteiger partial charge in [0.2, 0.25) is 0 Å². The highest BCUT2D eigenvalue weighted by Gasteiger charge is 2.32. The molecule has 4 fully saturated rings. The molecular formula is C12H24Cl2N2O2. The molecule has 0 spiro atoms. The van der Waals surface area contributed by atoms with Gasteiger partial charge in [-0.3, -0.25) is 0 Å². The molecule has 4 rings (SSSR count). The summed E-state index contributed by atoms with van der Waals surface area (Å²) in [5.74, 6) is 1.69. The molecule has 0 unspecified atom stereocenters. The summed E-state index contributed by atoms with van der Waals surface area (Å²) in [6.07, 6.45) is 3.68. The van der Waals surface area contributed by atoms with Crippen LogP contribution in [0, 0.1) is 11.8 Å². The van der Waals surface area contributed by atoms with Crippen molar-refractivity contribution in [1.29, 1.82) is 0 Å². The smallest absolute Gasteiger partial charge is 0.0740 e. The lowest BCUT2D eigenvalue weighted by molar-refractivity contribution is 0.112. The Morgan fingerprint density at radius 1 is 0.667 bits per heavy atom. The fourth-order valence-corrected chi connectivity index (χ4v) is 3.13. The van der Waals surface area contributed by atoms with Crippen LogP contribution in [0.4, 0.5) is 0 Å². The Morgan fingerprint density at radius 3 is 1.50 bits per heavy atom. The Balaban J connectivity index is 0.000000162. The van der Waals surface area contributed by atoms with E-state index in [4.69, 9.17) is 9.47 Å². The monoisotopic (exact) mass is 298 g/mol. The quantitative estimate of drug-likeness (QED) is 0.695. The second-order valence-electron chi connectivity index (χ2n) is 5.23. The third-order valence-corrected chi connectivity index (χ3v) is 4.20. The van der Waals surface area contributed by atoms with Crippen LogP contribution in [0.3, 0.4) is 0 Å². The highest BCUT2D eigenvalue weighted by molar-refractivity contribution is 5.85. The Bertz CT molecular complexity index is 182. The second kappa shape index (κ2) is 7.88. The molecule has 4 aliphatic rings. The van der Waals surface area contributed by atoms with Gasteiger partial charge in [0.15, 0.2) is 0 Å². The molecule has 6 heteroatoms. The minimum Gasteiger partial charge on any atom is -0.377 e. The average molecular weight is 299 g/mol. The lowest BCUT2D eigenvalue weighted by Crippen LogP contribution is -2.14. The lowest BCUT2D eigenvalue weighted by atomic mass is 10.1. The Labute approximate surface area is 121 Å². The number of ether oxygens (including phenoxy) is 2. The maximum atomic E-state index is 5.41. The predicted molar refractivity (Wildman–Crippen MR) is 75.9 cm³/mol.